The molecular weight excluding hydrogens is 176 g/mol. The van der Waals surface area contributed by atoms with Crippen LogP contribution in [0.15, 0.2) is 0 Å². The highest BCUT2D eigenvalue weighted by Crippen LogP contribution is 2.40. The highest BCUT2D eigenvalue weighted by Gasteiger charge is 2.42. The maximum atomic E-state index is 6.03. The smallest absolute Gasteiger partial charge is 0.169 e. The predicted octanol–water partition coefficient (Wildman–Crippen LogP) is 3.11. The van der Waals surface area contributed by atoms with Gasteiger partial charge in [-0.2, -0.15) is 0 Å². The van der Waals surface area contributed by atoms with E-state index in [0.717, 1.165) is 18.8 Å². The molecule has 2 fully saturated rings. The summed E-state index contributed by atoms with van der Waals surface area (Å²) < 4.78 is 12.1. The normalized spacial score (nSPS) is 49.5. The maximum absolute atomic E-state index is 6.03. The molecule has 0 aromatic heterocycles. The zero-order chi connectivity index (χ0) is 10.2. The first-order valence-corrected chi connectivity index (χ1v) is 5.95. The molecule has 0 bridgehead atoms. The fraction of sp³-hybridized carbons (Fsp3) is 1.00. The van der Waals surface area contributed by atoms with E-state index in [2.05, 4.69) is 20.8 Å². The summed E-state index contributed by atoms with van der Waals surface area (Å²) >= 11 is 0. The van der Waals surface area contributed by atoms with Crippen LogP contribution in [0.4, 0.5) is 0 Å². The zero-order valence-corrected chi connectivity index (χ0v) is 9.58. The van der Waals surface area contributed by atoms with Gasteiger partial charge in [-0.15, -0.1) is 0 Å². The number of hydrogen-bond acceptors (Lipinski definition) is 2. The van der Waals surface area contributed by atoms with Crippen molar-refractivity contribution >= 4 is 0 Å². The molecule has 2 rings (SSSR count). The van der Waals surface area contributed by atoms with Gasteiger partial charge in [0, 0.05) is 12.8 Å². The summed E-state index contributed by atoms with van der Waals surface area (Å²) in [6.07, 6.45) is 6.53. The average Bonchev–Trinajstić information content (AvgIpc) is 1.99. The van der Waals surface area contributed by atoms with E-state index in [1.54, 1.807) is 0 Å². The van der Waals surface area contributed by atoms with E-state index in [9.17, 15) is 0 Å². The zero-order valence-electron chi connectivity index (χ0n) is 9.58. The monoisotopic (exact) mass is 198 g/mol. The largest absolute Gasteiger partial charge is 0.347 e. The Hall–Kier alpha value is -0.0800. The molecule has 0 saturated carbocycles. The van der Waals surface area contributed by atoms with Gasteiger partial charge >= 0.3 is 0 Å². The number of rotatable bonds is 0. The van der Waals surface area contributed by atoms with Crippen molar-refractivity contribution in [2.45, 2.75) is 70.9 Å². The van der Waals surface area contributed by atoms with Gasteiger partial charge in [0.15, 0.2) is 5.79 Å². The van der Waals surface area contributed by atoms with Crippen molar-refractivity contribution in [1.82, 2.24) is 0 Å². The van der Waals surface area contributed by atoms with Crippen LogP contribution in [0.3, 0.4) is 0 Å². The Kier molecular flexibility index (Phi) is 2.85. The third-order valence-corrected chi connectivity index (χ3v) is 3.39. The molecule has 2 heterocycles. The summed E-state index contributed by atoms with van der Waals surface area (Å²) in [6, 6.07) is 0. The first kappa shape index (κ1) is 10.4. The molecule has 4 atom stereocenters. The minimum atomic E-state index is -0.227. The van der Waals surface area contributed by atoms with Gasteiger partial charge in [-0.3, -0.25) is 0 Å². The molecular formula is C12H22O2. The molecule has 14 heavy (non-hydrogen) atoms. The summed E-state index contributed by atoms with van der Waals surface area (Å²) in [5.41, 5.74) is 0. The lowest BCUT2D eigenvalue weighted by Crippen LogP contribution is -2.48. The van der Waals surface area contributed by atoms with E-state index < -0.39 is 0 Å². The molecule has 2 aliphatic heterocycles. The Bertz CT molecular complexity index is 187. The van der Waals surface area contributed by atoms with Crippen LogP contribution in [0.5, 0.6) is 0 Å². The maximum Gasteiger partial charge on any atom is 0.169 e. The summed E-state index contributed by atoms with van der Waals surface area (Å²) in [7, 11) is 0. The standard InChI is InChI=1S/C12H22O2/c1-9-7-11(3)14-12(8-9)6-4-5-10(2)13-12/h9-11H,4-8H2,1-3H3. The first-order valence-electron chi connectivity index (χ1n) is 5.95. The fourth-order valence-corrected chi connectivity index (χ4v) is 3.02. The van der Waals surface area contributed by atoms with Gasteiger partial charge in [0.2, 0.25) is 0 Å². The molecule has 1 spiro atoms. The van der Waals surface area contributed by atoms with E-state index in [1.807, 2.05) is 0 Å². The van der Waals surface area contributed by atoms with E-state index in [1.165, 1.54) is 19.3 Å². The minimum Gasteiger partial charge on any atom is -0.347 e. The summed E-state index contributed by atoms with van der Waals surface area (Å²) in [4.78, 5) is 0. The van der Waals surface area contributed by atoms with Crippen LogP contribution in [0.2, 0.25) is 0 Å². The lowest BCUT2D eigenvalue weighted by Gasteiger charge is -2.46. The molecule has 4 unspecified atom stereocenters. The summed E-state index contributed by atoms with van der Waals surface area (Å²) in [6.45, 7) is 6.64. The number of ether oxygens (including phenoxy) is 2. The van der Waals surface area contributed by atoms with Crippen LogP contribution in [-0.2, 0) is 9.47 Å². The average molecular weight is 198 g/mol. The molecule has 2 heteroatoms. The van der Waals surface area contributed by atoms with Gasteiger partial charge < -0.3 is 9.47 Å². The van der Waals surface area contributed by atoms with Gasteiger partial charge in [-0.05, 0) is 39.0 Å². The predicted molar refractivity (Wildman–Crippen MR) is 56.1 cm³/mol. The quantitative estimate of drug-likeness (QED) is 0.595. The Morgan fingerprint density at radius 3 is 2.43 bits per heavy atom. The molecule has 0 aliphatic carbocycles. The Morgan fingerprint density at radius 1 is 1.07 bits per heavy atom. The Balaban J connectivity index is 2.05. The third-order valence-electron chi connectivity index (χ3n) is 3.39. The fourth-order valence-electron chi connectivity index (χ4n) is 3.02. The van der Waals surface area contributed by atoms with Crippen LogP contribution >= 0.6 is 0 Å². The molecule has 0 amide bonds. The topological polar surface area (TPSA) is 18.5 Å². The molecule has 82 valence electrons. The van der Waals surface area contributed by atoms with Crippen molar-refractivity contribution in [3.63, 3.8) is 0 Å². The van der Waals surface area contributed by atoms with Crippen molar-refractivity contribution < 1.29 is 9.47 Å². The van der Waals surface area contributed by atoms with E-state index >= 15 is 0 Å². The Morgan fingerprint density at radius 2 is 1.79 bits per heavy atom. The van der Waals surface area contributed by atoms with Crippen molar-refractivity contribution in [3.05, 3.63) is 0 Å². The summed E-state index contributed by atoms with van der Waals surface area (Å²) in [5.74, 6) is 0.512. The first-order chi connectivity index (χ1) is 6.60. The van der Waals surface area contributed by atoms with E-state index in [4.69, 9.17) is 9.47 Å². The van der Waals surface area contributed by atoms with Gasteiger partial charge in [0.1, 0.15) is 0 Å². The second-order valence-electron chi connectivity index (χ2n) is 5.20. The molecule has 2 nitrogen and oxygen atoms in total. The lowest BCUT2D eigenvalue weighted by atomic mass is 9.87. The van der Waals surface area contributed by atoms with Crippen molar-refractivity contribution in [2.24, 2.45) is 5.92 Å². The summed E-state index contributed by atoms with van der Waals surface area (Å²) in [5, 5.41) is 0. The van der Waals surface area contributed by atoms with Crippen LogP contribution in [0, 0.1) is 5.92 Å². The molecule has 2 saturated heterocycles. The highest BCUT2D eigenvalue weighted by atomic mass is 16.7. The van der Waals surface area contributed by atoms with Gasteiger partial charge in [-0.25, -0.2) is 0 Å². The van der Waals surface area contributed by atoms with Crippen LogP contribution < -0.4 is 0 Å². The van der Waals surface area contributed by atoms with E-state index in [-0.39, 0.29) is 5.79 Å². The molecule has 0 N–H and O–H groups in total. The third kappa shape index (κ3) is 2.12. The van der Waals surface area contributed by atoms with Crippen molar-refractivity contribution in [3.8, 4) is 0 Å². The van der Waals surface area contributed by atoms with Crippen LogP contribution in [-0.4, -0.2) is 18.0 Å². The Labute approximate surface area is 87.0 Å². The second-order valence-corrected chi connectivity index (χ2v) is 5.20. The highest BCUT2D eigenvalue weighted by molar-refractivity contribution is 4.84. The number of hydrogen-bond donors (Lipinski definition) is 0. The van der Waals surface area contributed by atoms with E-state index in [0.29, 0.717) is 12.2 Å². The SMILES string of the molecule is CC1CC(C)OC2(CCCC(C)O2)C1. The second kappa shape index (κ2) is 3.82. The van der Waals surface area contributed by atoms with Crippen LogP contribution in [0.25, 0.3) is 0 Å². The molecule has 0 aromatic carbocycles. The molecule has 0 radical (unpaired) electrons. The van der Waals surface area contributed by atoms with Crippen molar-refractivity contribution in [2.75, 3.05) is 0 Å². The minimum absolute atomic E-state index is 0.227. The van der Waals surface area contributed by atoms with Crippen LogP contribution in [0.1, 0.15) is 52.9 Å². The van der Waals surface area contributed by atoms with Crippen molar-refractivity contribution in [1.29, 1.82) is 0 Å². The molecule has 0 aromatic rings. The molecule has 2 aliphatic rings. The van der Waals surface area contributed by atoms with Gasteiger partial charge in [0.25, 0.3) is 0 Å². The lowest BCUT2D eigenvalue weighted by molar-refractivity contribution is -0.316. The van der Waals surface area contributed by atoms with Gasteiger partial charge in [-0.1, -0.05) is 6.92 Å². The van der Waals surface area contributed by atoms with Gasteiger partial charge in [0.05, 0.1) is 12.2 Å².